The fourth-order valence-electron chi connectivity index (χ4n) is 1.99. The second-order valence-corrected chi connectivity index (χ2v) is 4.86. The molecule has 0 aliphatic carbocycles. The smallest absolute Gasteiger partial charge is 0.331 e. The average Bonchev–Trinajstić information content (AvgIpc) is 2.64. The van der Waals surface area contributed by atoms with Crippen molar-refractivity contribution in [2.45, 2.75) is 6.61 Å². The fourth-order valence-corrected chi connectivity index (χ4v) is 1.99. The van der Waals surface area contributed by atoms with Crippen molar-refractivity contribution in [1.29, 1.82) is 5.26 Å². The lowest BCUT2D eigenvalue weighted by Crippen LogP contribution is -2.00. The third-order valence-corrected chi connectivity index (χ3v) is 3.30. The minimum atomic E-state index is -0.461. The number of nitriles is 1. The number of ether oxygens (including phenoxy) is 3. The second-order valence-electron chi connectivity index (χ2n) is 4.86. The topological polar surface area (TPSA) is 68.5 Å². The summed E-state index contributed by atoms with van der Waals surface area (Å²) in [5.41, 5.74) is 2.13. The van der Waals surface area contributed by atoms with E-state index in [0.29, 0.717) is 17.1 Å². The van der Waals surface area contributed by atoms with Gasteiger partial charge in [-0.1, -0.05) is 12.1 Å². The van der Waals surface area contributed by atoms with E-state index in [-0.39, 0.29) is 6.61 Å². The molecule has 0 bridgehead atoms. The van der Waals surface area contributed by atoms with Crippen LogP contribution in [-0.2, 0) is 16.1 Å². The summed E-state index contributed by atoms with van der Waals surface area (Å²) in [7, 11) is 3.13. The lowest BCUT2D eigenvalue weighted by molar-refractivity contribution is -0.138. The number of carbonyl (C=O) groups is 1. The van der Waals surface area contributed by atoms with Gasteiger partial charge in [-0.15, -0.1) is 0 Å². The van der Waals surface area contributed by atoms with Crippen LogP contribution in [0.15, 0.2) is 48.5 Å². The molecule has 122 valence electrons. The van der Waals surface area contributed by atoms with E-state index < -0.39 is 5.97 Å². The Morgan fingerprint density at radius 3 is 2.50 bits per heavy atom. The van der Waals surface area contributed by atoms with Crippen molar-refractivity contribution >= 4 is 12.0 Å². The van der Waals surface area contributed by atoms with Crippen LogP contribution in [0.4, 0.5) is 0 Å². The molecule has 0 radical (unpaired) electrons. The number of esters is 1. The van der Waals surface area contributed by atoms with Gasteiger partial charge in [-0.3, -0.25) is 0 Å². The first-order chi connectivity index (χ1) is 11.7. The van der Waals surface area contributed by atoms with Crippen molar-refractivity contribution in [2.24, 2.45) is 0 Å². The minimum Gasteiger partial charge on any atom is -0.497 e. The molecule has 2 rings (SSSR count). The molecule has 2 aromatic rings. The zero-order valence-electron chi connectivity index (χ0n) is 13.5. The zero-order chi connectivity index (χ0) is 17.4. The fraction of sp³-hybridized carbons (Fsp3) is 0.158. The number of carbonyl (C=O) groups excluding carboxylic acids is 1. The van der Waals surface area contributed by atoms with Gasteiger partial charge in [0.1, 0.15) is 18.1 Å². The molecule has 0 aliphatic rings. The summed E-state index contributed by atoms with van der Waals surface area (Å²) in [4.78, 5) is 11.8. The Hall–Kier alpha value is -3.26. The van der Waals surface area contributed by atoms with Crippen LogP contribution in [0.5, 0.6) is 11.5 Å². The SMILES string of the molecule is COc1ccc(C=CC(=O)OCc2ccc(C#N)cc2)c(OC)c1. The molecular weight excluding hydrogens is 306 g/mol. The first kappa shape index (κ1) is 17.1. The largest absolute Gasteiger partial charge is 0.497 e. The highest BCUT2D eigenvalue weighted by atomic mass is 16.5. The van der Waals surface area contributed by atoms with Crippen molar-refractivity contribution in [3.63, 3.8) is 0 Å². The Balaban J connectivity index is 1.96. The summed E-state index contributed by atoms with van der Waals surface area (Å²) in [6, 6.07) is 14.2. The minimum absolute atomic E-state index is 0.147. The van der Waals surface area contributed by atoms with E-state index in [0.717, 1.165) is 11.1 Å². The molecule has 0 amide bonds. The van der Waals surface area contributed by atoms with Gasteiger partial charge in [0.2, 0.25) is 0 Å². The van der Waals surface area contributed by atoms with Gasteiger partial charge in [-0.25, -0.2) is 4.79 Å². The highest BCUT2D eigenvalue weighted by Gasteiger charge is 2.04. The molecule has 0 saturated heterocycles. The normalized spacial score (nSPS) is 10.2. The van der Waals surface area contributed by atoms with Crippen LogP contribution in [-0.4, -0.2) is 20.2 Å². The monoisotopic (exact) mass is 323 g/mol. The molecule has 0 spiro atoms. The molecule has 0 heterocycles. The van der Waals surface area contributed by atoms with Gasteiger partial charge in [-0.05, 0) is 35.9 Å². The predicted octanol–water partition coefficient (Wildman–Crippen LogP) is 3.33. The van der Waals surface area contributed by atoms with Crippen LogP contribution in [0.3, 0.4) is 0 Å². The van der Waals surface area contributed by atoms with E-state index in [1.807, 2.05) is 6.07 Å². The van der Waals surface area contributed by atoms with Crippen molar-refractivity contribution in [3.8, 4) is 17.6 Å². The Bertz CT molecular complexity index is 773. The van der Waals surface area contributed by atoms with Gasteiger partial charge in [0.15, 0.2) is 0 Å². The van der Waals surface area contributed by atoms with Crippen LogP contribution in [0, 0.1) is 11.3 Å². The summed E-state index contributed by atoms with van der Waals surface area (Å²) in [5, 5.41) is 8.74. The maximum atomic E-state index is 11.8. The number of methoxy groups -OCH3 is 2. The number of hydrogen-bond donors (Lipinski definition) is 0. The summed E-state index contributed by atoms with van der Waals surface area (Å²) in [6.07, 6.45) is 2.97. The summed E-state index contributed by atoms with van der Waals surface area (Å²) < 4.78 is 15.6. The average molecular weight is 323 g/mol. The second kappa shape index (κ2) is 8.39. The Morgan fingerprint density at radius 2 is 1.88 bits per heavy atom. The molecular formula is C19H17NO4. The molecule has 0 aromatic heterocycles. The van der Waals surface area contributed by atoms with Crippen molar-refractivity contribution < 1.29 is 19.0 Å². The Labute approximate surface area is 140 Å². The van der Waals surface area contributed by atoms with E-state index in [9.17, 15) is 4.79 Å². The molecule has 24 heavy (non-hydrogen) atoms. The summed E-state index contributed by atoms with van der Waals surface area (Å²) >= 11 is 0. The molecule has 5 nitrogen and oxygen atoms in total. The lowest BCUT2D eigenvalue weighted by Gasteiger charge is -2.07. The number of rotatable bonds is 6. The molecule has 0 N–H and O–H groups in total. The van der Waals surface area contributed by atoms with Crippen molar-refractivity contribution in [1.82, 2.24) is 0 Å². The van der Waals surface area contributed by atoms with Gasteiger partial charge in [-0.2, -0.15) is 5.26 Å². The quantitative estimate of drug-likeness (QED) is 0.602. The van der Waals surface area contributed by atoms with Gasteiger partial charge in [0, 0.05) is 17.7 Å². The van der Waals surface area contributed by atoms with Crippen LogP contribution < -0.4 is 9.47 Å². The zero-order valence-corrected chi connectivity index (χ0v) is 13.5. The molecule has 0 saturated carbocycles. The lowest BCUT2D eigenvalue weighted by atomic mass is 10.1. The van der Waals surface area contributed by atoms with E-state index in [1.54, 1.807) is 62.8 Å². The van der Waals surface area contributed by atoms with Gasteiger partial charge in [0.25, 0.3) is 0 Å². The van der Waals surface area contributed by atoms with E-state index >= 15 is 0 Å². The Morgan fingerprint density at radius 1 is 1.12 bits per heavy atom. The number of nitrogens with zero attached hydrogens (tertiary/aromatic N) is 1. The number of benzene rings is 2. The standard InChI is InChI=1S/C19H17NO4/c1-22-17-9-7-16(18(11-17)23-2)8-10-19(21)24-13-15-5-3-14(12-20)4-6-15/h3-11H,13H2,1-2H3. The Kier molecular flexibility index (Phi) is 5.98. The van der Waals surface area contributed by atoms with Crippen LogP contribution >= 0.6 is 0 Å². The molecule has 5 heteroatoms. The third-order valence-electron chi connectivity index (χ3n) is 3.30. The van der Waals surface area contributed by atoms with E-state index in [1.165, 1.54) is 6.08 Å². The van der Waals surface area contributed by atoms with Crippen LogP contribution in [0.1, 0.15) is 16.7 Å². The first-order valence-corrected chi connectivity index (χ1v) is 7.22. The van der Waals surface area contributed by atoms with Crippen LogP contribution in [0.2, 0.25) is 0 Å². The third kappa shape index (κ3) is 4.62. The van der Waals surface area contributed by atoms with E-state index in [4.69, 9.17) is 19.5 Å². The summed E-state index contributed by atoms with van der Waals surface area (Å²) in [5.74, 6) is 0.815. The maximum absolute atomic E-state index is 11.8. The first-order valence-electron chi connectivity index (χ1n) is 7.22. The molecule has 0 atom stereocenters. The van der Waals surface area contributed by atoms with Crippen molar-refractivity contribution in [3.05, 3.63) is 65.2 Å². The predicted molar refractivity (Wildman–Crippen MR) is 89.5 cm³/mol. The molecule has 0 unspecified atom stereocenters. The van der Waals surface area contributed by atoms with Gasteiger partial charge >= 0.3 is 5.97 Å². The molecule has 2 aromatic carbocycles. The van der Waals surface area contributed by atoms with Gasteiger partial charge in [0.05, 0.1) is 25.9 Å². The highest BCUT2D eigenvalue weighted by Crippen LogP contribution is 2.25. The molecule has 0 aliphatic heterocycles. The number of hydrogen-bond acceptors (Lipinski definition) is 5. The highest BCUT2D eigenvalue weighted by molar-refractivity contribution is 5.87. The van der Waals surface area contributed by atoms with E-state index in [2.05, 4.69) is 0 Å². The molecule has 0 fully saturated rings. The van der Waals surface area contributed by atoms with Gasteiger partial charge < -0.3 is 14.2 Å². The summed E-state index contributed by atoms with van der Waals surface area (Å²) in [6.45, 7) is 0.147. The maximum Gasteiger partial charge on any atom is 0.331 e. The van der Waals surface area contributed by atoms with Crippen LogP contribution in [0.25, 0.3) is 6.08 Å². The van der Waals surface area contributed by atoms with Crippen molar-refractivity contribution in [2.75, 3.05) is 14.2 Å².